The van der Waals surface area contributed by atoms with Gasteiger partial charge < -0.3 is 4.90 Å². The minimum atomic E-state index is -2.77. The van der Waals surface area contributed by atoms with Gasteiger partial charge in [-0.25, -0.2) is 0 Å². The maximum atomic E-state index is 2.42. The summed E-state index contributed by atoms with van der Waals surface area (Å²) >= 11 is 0. The molecule has 3 heteroatoms. The van der Waals surface area contributed by atoms with Crippen LogP contribution in [0, 0.1) is 41.5 Å². The van der Waals surface area contributed by atoms with Gasteiger partial charge in [0, 0.05) is 19.8 Å². The fourth-order valence-electron chi connectivity index (χ4n) is 7.29. The van der Waals surface area contributed by atoms with Crippen molar-refractivity contribution < 1.29 is 0 Å². The Kier molecular flexibility index (Phi) is 8.11. The molecule has 0 heterocycles. The maximum Gasteiger partial charge on any atom is 0.219 e. The van der Waals surface area contributed by atoms with Crippen LogP contribution in [-0.2, 0) is 0 Å². The lowest BCUT2D eigenvalue weighted by atomic mass is 9.55. The van der Waals surface area contributed by atoms with Crippen LogP contribution in [0.5, 0.6) is 0 Å². The Hall–Kier alpha value is -3.82. The van der Waals surface area contributed by atoms with E-state index in [9.17, 15) is 0 Å². The molecule has 0 aliphatic heterocycles. The van der Waals surface area contributed by atoms with Gasteiger partial charge >= 0.3 is 0 Å². The molecule has 0 unspecified atom stereocenters. The predicted molar refractivity (Wildman–Crippen MR) is 185 cm³/mol. The Labute approximate surface area is 248 Å². The molecule has 0 spiro atoms. The molecule has 0 bridgehead atoms. The summed E-state index contributed by atoms with van der Waals surface area (Å²) in [6.07, 6.45) is 0.179. The molecule has 0 aliphatic carbocycles. The third-order valence-corrected chi connectivity index (χ3v) is 14.0. The molecule has 41 heavy (non-hydrogen) atoms. The Balaban J connectivity index is 2.04. The first kappa shape index (κ1) is 28.7. The van der Waals surface area contributed by atoms with Gasteiger partial charge in [-0.15, -0.1) is 0 Å². The van der Waals surface area contributed by atoms with Crippen LogP contribution < -0.4 is 31.4 Å². The van der Waals surface area contributed by atoms with E-state index in [2.05, 4.69) is 170 Å². The third kappa shape index (κ3) is 5.20. The topological polar surface area (TPSA) is 3.24 Å². The molecule has 0 fully saturated rings. The molecule has 5 aromatic carbocycles. The zero-order valence-electron chi connectivity index (χ0n) is 25.9. The van der Waals surface area contributed by atoms with Crippen molar-refractivity contribution in [2.75, 3.05) is 19.0 Å². The molecule has 0 aromatic heterocycles. The molecule has 0 radical (unpaired) electrons. The normalized spacial score (nSPS) is 11.4. The van der Waals surface area contributed by atoms with Crippen LogP contribution in [0.4, 0.5) is 5.69 Å². The number of benzene rings is 5. The van der Waals surface area contributed by atoms with Gasteiger partial charge in [-0.1, -0.05) is 157 Å². The van der Waals surface area contributed by atoms with Crippen molar-refractivity contribution in [1.29, 1.82) is 0 Å². The van der Waals surface area contributed by atoms with E-state index in [4.69, 9.17) is 0 Å². The minimum absolute atomic E-state index is 0.179. The Morgan fingerprint density at radius 1 is 0.463 bits per heavy atom. The summed E-state index contributed by atoms with van der Waals surface area (Å²) in [6.45, 7) is 13.7. The number of anilines is 1. The first-order valence-corrected chi connectivity index (χ1v) is 16.8. The van der Waals surface area contributed by atoms with Crippen molar-refractivity contribution in [2.24, 2.45) is 0 Å². The highest BCUT2D eigenvalue weighted by Gasteiger charge is 2.52. The summed E-state index contributed by atoms with van der Waals surface area (Å²) in [7, 11) is 1.47. The molecular formula is C38H42BNSi. The molecule has 0 atom stereocenters. The number of nitrogens with zero attached hydrogens (tertiary/aromatic N) is 1. The largest absolute Gasteiger partial charge is 0.378 e. The first-order valence-electron chi connectivity index (χ1n) is 14.7. The molecule has 0 saturated carbocycles. The van der Waals surface area contributed by atoms with Crippen LogP contribution >= 0.6 is 0 Å². The molecular weight excluding hydrogens is 509 g/mol. The van der Waals surface area contributed by atoms with E-state index in [1.807, 2.05) is 0 Å². The zero-order valence-corrected chi connectivity index (χ0v) is 26.9. The van der Waals surface area contributed by atoms with E-state index in [1.165, 1.54) is 65.6 Å². The van der Waals surface area contributed by atoms with Crippen molar-refractivity contribution in [3.8, 4) is 0 Å². The van der Waals surface area contributed by atoms with E-state index in [0.29, 0.717) is 0 Å². The Morgan fingerprint density at radius 3 is 1.15 bits per heavy atom. The van der Waals surface area contributed by atoms with E-state index in [0.717, 1.165) is 0 Å². The van der Waals surface area contributed by atoms with Gasteiger partial charge in [0.05, 0.1) is 0 Å². The van der Waals surface area contributed by atoms with Gasteiger partial charge in [-0.05, 0) is 53.7 Å². The lowest BCUT2D eigenvalue weighted by Gasteiger charge is -2.42. The van der Waals surface area contributed by atoms with Crippen molar-refractivity contribution in [3.63, 3.8) is 0 Å². The Bertz CT molecular complexity index is 1510. The van der Waals surface area contributed by atoms with Crippen LogP contribution in [-0.4, -0.2) is 28.3 Å². The van der Waals surface area contributed by atoms with Crippen LogP contribution in [0.1, 0.15) is 33.4 Å². The second-order valence-corrected chi connectivity index (χ2v) is 16.0. The Morgan fingerprint density at radius 2 is 0.805 bits per heavy atom. The van der Waals surface area contributed by atoms with Crippen molar-refractivity contribution >= 4 is 46.4 Å². The average Bonchev–Trinajstić information content (AvgIpc) is 2.93. The van der Waals surface area contributed by atoms with Gasteiger partial charge in [0.2, 0.25) is 6.31 Å². The van der Waals surface area contributed by atoms with E-state index in [-0.39, 0.29) is 6.31 Å². The quantitative estimate of drug-likeness (QED) is 0.192. The lowest BCUT2D eigenvalue weighted by molar-refractivity contribution is 1.13. The highest BCUT2D eigenvalue weighted by Crippen LogP contribution is 2.21. The van der Waals surface area contributed by atoms with Crippen LogP contribution in [0.25, 0.3) is 0 Å². The zero-order chi connectivity index (χ0) is 29.3. The first-order chi connectivity index (χ1) is 19.6. The molecule has 0 amide bonds. The van der Waals surface area contributed by atoms with Gasteiger partial charge in [0.1, 0.15) is 7.94 Å². The molecule has 5 rings (SSSR count). The summed E-state index contributed by atoms with van der Waals surface area (Å²) in [5.41, 5.74) is 12.3. The minimum Gasteiger partial charge on any atom is -0.378 e. The summed E-state index contributed by atoms with van der Waals surface area (Å²) < 4.78 is 0. The van der Waals surface area contributed by atoms with Gasteiger partial charge in [0.25, 0.3) is 0 Å². The van der Waals surface area contributed by atoms with Gasteiger partial charge in [0.15, 0.2) is 0 Å². The summed E-state index contributed by atoms with van der Waals surface area (Å²) in [4.78, 5) is 2.19. The van der Waals surface area contributed by atoms with Crippen LogP contribution in [0.3, 0.4) is 0 Å². The van der Waals surface area contributed by atoms with E-state index in [1.54, 1.807) is 0 Å². The fraction of sp³-hybridized carbons (Fsp3) is 0.211. The number of rotatable bonds is 7. The molecule has 206 valence electrons. The molecule has 0 aliphatic rings. The van der Waals surface area contributed by atoms with E-state index >= 15 is 0 Å². The molecule has 0 N–H and O–H groups in total. The van der Waals surface area contributed by atoms with Gasteiger partial charge in [-0.3, -0.25) is 0 Å². The van der Waals surface area contributed by atoms with Crippen molar-refractivity contribution in [2.45, 2.75) is 41.5 Å². The fourth-order valence-corrected chi connectivity index (χ4v) is 13.2. The summed E-state index contributed by atoms with van der Waals surface area (Å²) in [6, 6.07) is 41.8. The predicted octanol–water partition coefficient (Wildman–Crippen LogP) is 5.46. The van der Waals surface area contributed by atoms with Crippen molar-refractivity contribution in [1.82, 2.24) is 0 Å². The smallest absolute Gasteiger partial charge is 0.219 e. The second kappa shape index (κ2) is 11.6. The summed E-state index contributed by atoms with van der Waals surface area (Å²) in [5, 5.41) is 4.31. The second-order valence-electron chi connectivity index (χ2n) is 12.0. The van der Waals surface area contributed by atoms with Crippen LogP contribution in [0.15, 0.2) is 109 Å². The standard InChI is InChI=1S/C38H42BNSi/c1-27-23-29(3)37(30(4)24-27)39(38-31(5)25-28(2)26-32(38)6)41(34-15-11-9-12-16-34,35-17-13-10-14-18-35)36-21-19-33(20-22-36)40(7)8/h9-26H,1-8H3. The SMILES string of the molecule is Cc1cc(C)c(B(c2c(C)cc(C)cc2C)[Si](c2ccccc2)(c2ccccc2)c2ccc(N(C)C)cc2)c(C)c1. The van der Waals surface area contributed by atoms with E-state index < -0.39 is 7.94 Å². The number of hydrogen-bond acceptors (Lipinski definition) is 1. The highest BCUT2D eigenvalue weighted by molar-refractivity contribution is 7.56. The highest BCUT2D eigenvalue weighted by atomic mass is 28.3. The third-order valence-electron chi connectivity index (χ3n) is 8.78. The number of aryl methyl sites for hydroxylation is 6. The number of hydrogen-bond donors (Lipinski definition) is 0. The molecule has 0 saturated heterocycles. The molecule has 1 nitrogen and oxygen atoms in total. The monoisotopic (exact) mass is 551 g/mol. The van der Waals surface area contributed by atoms with Gasteiger partial charge in [-0.2, -0.15) is 0 Å². The molecule has 5 aromatic rings. The van der Waals surface area contributed by atoms with Crippen LogP contribution in [0.2, 0.25) is 0 Å². The summed E-state index contributed by atoms with van der Waals surface area (Å²) in [5.74, 6) is 0. The van der Waals surface area contributed by atoms with Crippen molar-refractivity contribution in [3.05, 3.63) is 143 Å². The lowest BCUT2D eigenvalue weighted by Crippen LogP contribution is -2.83. The average molecular weight is 552 g/mol. The maximum absolute atomic E-state index is 2.77.